The Bertz CT molecular complexity index is 907. The van der Waals surface area contributed by atoms with Gasteiger partial charge in [-0.1, -0.05) is 26.2 Å². The van der Waals surface area contributed by atoms with Crippen LogP contribution in [0, 0.1) is 5.92 Å². The van der Waals surface area contributed by atoms with Crippen molar-refractivity contribution < 1.29 is 79.8 Å². The predicted molar refractivity (Wildman–Crippen MR) is 131 cm³/mol. The zero-order valence-corrected chi connectivity index (χ0v) is 24.5. The van der Waals surface area contributed by atoms with Gasteiger partial charge in [0.05, 0.1) is 5.75 Å². The molecule has 6 nitrogen and oxygen atoms in total. The van der Waals surface area contributed by atoms with Crippen molar-refractivity contribution in [1.29, 1.82) is 0 Å². The largest absolute Gasteiger partial charge is 0.481 e. The maximum absolute atomic E-state index is 14.2. The summed E-state index contributed by atoms with van der Waals surface area (Å²) in [5, 5.41) is 10.7. The molecular formula is C23H36F14N2O4S. The van der Waals surface area contributed by atoms with Crippen LogP contribution in [0.1, 0.15) is 71.1 Å². The lowest BCUT2D eigenvalue weighted by Gasteiger charge is -2.33. The van der Waals surface area contributed by atoms with Crippen molar-refractivity contribution >= 4 is 16.0 Å². The summed E-state index contributed by atoms with van der Waals surface area (Å²) in [6.07, 6.45) is -32.6. The van der Waals surface area contributed by atoms with Gasteiger partial charge in [0.1, 0.15) is 0 Å². The van der Waals surface area contributed by atoms with Gasteiger partial charge in [0.25, 0.3) is 11.3 Å². The third-order valence-electron chi connectivity index (χ3n) is 6.22. The molecule has 266 valence electrons. The van der Waals surface area contributed by atoms with E-state index < -0.39 is 102 Å². The van der Waals surface area contributed by atoms with Gasteiger partial charge >= 0.3 is 30.7 Å². The Morgan fingerprint density at radius 3 is 1.55 bits per heavy atom. The third kappa shape index (κ3) is 15.1. The Kier molecular flexibility index (Phi) is 18.1. The summed E-state index contributed by atoms with van der Waals surface area (Å²) in [5.74, 6) is -3.91. The molecule has 0 aliphatic carbocycles. The van der Waals surface area contributed by atoms with Gasteiger partial charge in [-0.05, 0) is 51.6 Å². The maximum atomic E-state index is 14.2. The maximum Gasteiger partial charge on any atom is 0.431 e. The highest BCUT2D eigenvalue weighted by Gasteiger charge is 2.73. The van der Waals surface area contributed by atoms with Gasteiger partial charge in [0, 0.05) is 19.4 Å². The molecule has 1 atom stereocenters. The quantitative estimate of drug-likeness (QED) is 0.102. The van der Waals surface area contributed by atoms with Crippen molar-refractivity contribution in [1.82, 2.24) is 10.0 Å². The van der Waals surface area contributed by atoms with Gasteiger partial charge in [0.2, 0.25) is 10.0 Å². The monoisotopic (exact) mass is 702 g/mol. The number of aliphatic carboxylic acids is 1. The van der Waals surface area contributed by atoms with E-state index in [0.29, 0.717) is 13.0 Å². The molecule has 0 bridgehead atoms. The third-order valence-corrected chi connectivity index (χ3v) is 7.63. The normalized spacial score (nSPS) is 14.6. The number of halogens is 14. The van der Waals surface area contributed by atoms with Gasteiger partial charge in [-0.3, -0.25) is 4.79 Å². The number of sulfonamides is 1. The topological polar surface area (TPSA) is 95.5 Å². The molecule has 0 saturated carbocycles. The van der Waals surface area contributed by atoms with Crippen LogP contribution in [0.25, 0.3) is 0 Å². The molecule has 0 aliphatic heterocycles. The molecule has 0 rings (SSSR count). The summed E-state index contributed by atoms with van der Waals surface area (Å²) in [5.41, 5.74) is -11.5. The van der Waals surface area contributed by atoms with Crippen LogP contribution in [0.4, 0.5) is 61.5 Å². The first kappa shape index (κ1) is 44.5. The van der Waals surface area contributed by atoms with Crippen LogP contribution in [-0.4, -0.2) is 81.4 Å². The molecule has 0 heterocycles. The van der Waals surface area contributed by atoms with Crippen LogP contribution in [0.3, 0.4) is 0 Å². The molecule has 1 unspecified atom stereocenters. The van der Waals surface area contributed by atoms with E-state index in [0.717, 1.165) is 12.8 Å². The van der Waals surface area contributed by atoms with Crippen molar-refractivity contribution in [3.8, 4) is 0 Å². The van der Waals surface area contributed by atoms with Gasteiger partial charge in [-0.15, -0.1) is 0 Å². The van der Waals surface area contributed by atoms with E-state index in [1.54, 1.807) is 0 Å². The first-order chi connectivity index (χ1) is 19.6. The Morgan fingerprint density at radius 1 is 0.705 bits per heavy atom. The summed E-state index contributed by atoms with van der Waals surface area (Å²) >= 11 is 0. The van der Waals surface area contributed by atoms with E-state index >= 15 is 0 Å². The summed E-state index contributed by atoms with van der Waals surface area (Å²) in [7, 11) is -2.77. The van der Waals surface area contributed by atoms with Crippen LogP contribution in [0.15, 0.2) is 0 Å². The van der Waals surface area contributed by atoms with Gasteiger partial charge < -0.3 is 10.4 Å². The number of alkyl halides is 14. The smallest absolute Gasteiger partial charge is 0.431 e. The Hall–Kier alpha value is -1.64. The van der Waals surface area contributed by atoms with Crippen LogP contribution < -0.4 is 10.0 Å². The van der Waals surface area contributed by atoms with Crippen molar-refractivity contribution in [3.63, 3.8) is 0 Å². The molecule has 0 aromatic rings. The molecule has 0 saturated heterocycles. The molecule has 21 heteroatoms. The molecule has 0 radical (unpaired) electrons. The van der Waals surface area contributed by atoms with Crippen molar-refractivity contribution in [2.45, 2.75) is 107 Å². The number of unbranched alkanes of at least 4 members (excludes halogenated alkanes) is 2. The predicted octanol–water partition coefficient (Wildman–Crippen LogP) is 7.40. The number of rotatable bonds is 18. The van der Waals surface area contributed by atoms with E-state index in [1.807, 2.05) is 11.6 Å². The minimum absolute atomic E-state index is 0.181. The van der Waals surface area contributed by atoms with Gasteiger partial charge in [0.15, 0.2) is 0 Å². The minimum atomic E-state index is -6.52. The van der Waals surface area contributed by atoms with Crippen LogP contribution in [0.5, 0.6) is 0 Å². The van der Waals surface area contributed by atoms with E-state index in [2.05, 4.69) is 5.32 Å². The average Bonchev–Trinajstić information content (AvgIpc) is 2.83. The van der Waals surface area contributed by atoms with Gasteiger partial charge in [-0.2, -0.15) is 52.7 Å². The minimum Gasteiger partial charge on any atom is -0.481 e. The number of carbonyl (C=O) groups is 1. The average molecular weight is 703 g/mol. The Balaban J connectivity index is 0. The fourth-order valence-corrected chi connectivity index (χ4v) is 4.84. The molecular weight excluding hydrogens is 666 g/mol. The van der Waals surface area contributed by atoms with Crippen LogP contribution in [0.2, 0.25) is 0 Å². The zero-order chi connectivity index (χ0) is 35.3. The molecule has 0 fully saturated rings. The molecule has 0 aromatic heterocycles. The van der Waals surface area contributed by atoms with Crippen molar-refractivity contribution in [2.24, 2.45) is 5.92 Å². The Morgan fingerprint density at radius 2 is 1.18 bits per heavy atom. The standard InChI is InChI=1S/C18H26F14N2O2S.C5H10O2/c1-33-8-4-9-34-37(35,36)10-6-12(11-14(20,17(27,28)29)18(30,31)32)5-2-3-7-13(19,15(21,22)23)16(24,25)26;1-2-3-4-5(6)7/h12,33-34H,2-11H2,1H3;2-4H2,1H3,(H,6,7). The lowest BCUT2D eigenvalue weighted by atomic mass is 9.85. The number of carboxylic acids is 1. The fraction of sp³-hybridized carbons (Fsp3) is 0.957. The number of hydrogen-bond acceptors (Lipinski definition) is 4. The van der Waals surface area contributed by atoms with E-state index in [9.17, 15) is 74.7 Å². The summed E-state index contributed by atoms with van der Waals surface area (Å²) in [4.78, 5) is 9.76. The lowest BCUT2D eigenvalue weighted by molar-refractivity contribution is -0.346. The highest BCUT2D eigenvalue weighted by atomic mass is 32.2. The molecule has 0 spiro atoms. The zero-order valence-electron chi connectivity index (χ0n) is 23.6. The van der Waals surface area contributed by atoms with E-state index in [4.69, 9.17) is 5.11 Å². The first-order valence-electron chi connectivity index (χ1n) is 13.1. The Labute approximate surface area is 245 Å². The van der Waals surface area contributed by atoms with Crippen LogP contribution in [-0.2, 0) is 14.8 Å². The SMILES string of the molecule is CCCCC(=O)O.CNCCCNS(=O)(=O)CCC(CCCCC(F)(C(F)(F)F)C(F)(F)F)CC(F)(C(F)(F)F)C(F)(F)F. The van der Waals surface area contributed by atoms with E-state index in [-0.39, 0.29) is 13.0 Å². The fourth-order valence-electron chi connectivity index (χ4n) is 3.60. The second kappa shape index (κ2) is 17.9. The van der Waals surface area contributed by atoms with Crippen molar-refractivity contribution in [3.05, 3.63) is 0 Å². The second-order valence-electron chi connectivity index (χ2n) is 9.87. The lowest BCUT2D eigenvalue weighted by Crippen LogP contribution is -2.54. The molecule has 3 N–H and O–H groups in total. The summed E-state index contributed by atoms with van der Waals surface area (Å²) in [6.45, 7) is 2.13. The molecule has 44 heavy (non-hydrogen) atoms. The highest BCUT2D eigenvalue weighted by Crippen LogP contribution is 2.51. The number of hydrogen-bond donors (Lipinski definition) is 3. The molecule has 0 amide bonds. The van der Waals surface area contributed by atoms with Gasteiger partial charge in [-0.25, -0.2) is 21.9 Å². The van der Waals surface area contributed by atoms with E-state index in [1.165, 1.54) is 7.05 Å². The number of carboxylic acid groups (broad SMARTS) is 1. The number of nitrogens with one attached hydrogen (secondary N) is 2. The molecule has 0 aliphatic rings. The summed E-state index contributed by atoms with van der Waals surface area (Å²) < 4.78 is 207. The summed E-state index contributed by atoms with van der Waals surface area (Å²) in [6, 6.07) is 0. The second-order valence-corrected chi connectivity index (χ2v) is 11.8. The van der Waals surface area contributed by atoms with Crippen LogP contribution >= 0.6 is 0 Å². The highest BCUT2D eigenvalue weighted by molar-refractivity contribution is 7.89. The first-order valence-corrected chi connectivity index (χ1v) is 14.8. The van der Waals surface area contributed by atoms with Crippen molar-refractivity contribution in [2.75, 3.05) is 25.9 Å². The molecule has 0 aromatic carbocycles.